The molecule has 0 saturated heterocycles. The molecule has 4 N–H and O–H groups in total. The predicted octanol–water partition coefficient (Wildman–Crippen LogP) is -3.39. The summed E-state index contributed by atoms with van der Waals surface area (Å²) < 4.78 is 46.5. The van der Waals surface area contributed by atoms with Crippen LogP contribution in [0.1, 0.15) is 0 Å². The molecule has 0 aliphatic rings. The molecule has 0 unspecified atom stereocenters. The van der Waals surface area contributed by atoms with Gasteiger partial charge in [0.05, 0.1) is 0 Å². The molecule has 6 nitrogen and oxygen atoms in total. The van der Waals surface area contributed by atoms with Crippen LogP contribution in [0.25, 0.3) is 0 Å². The van der Waals surface area contributed by atoms with E-state index in [1.807, 2.05) is 0 Å². The fraction of sp³-hybridized carbons (Fsp3) is 0. The summed E-state index contributed by atoms with van der Waals surface area (Å²) in [5, 5.41) is 0. The minimum absolute atomic E-state index is 0. The first-order chi connectivity index (χ1) is 3.46. The van der Waals surface area contributed by atoms with E-state index in [1.54, 1.807) is 0 Å². The van der Waals surface area contributed by atoms with Gasteiger partial charge >= 0.3 is 108 Å². The SMILES string of the molecule is [BaH2].[O]=[Ti]([OH])[OH].[O]=[Ti]([OH])[OH]. The molecule has 0 aliphatic carbocycles. The van der Waals surface area contributed by atoms with E-state index in [-0.39, 0.29) is 48.9 Å². The molecule has 9 heavy (non-hydrogen) atoms. The topological polar surface area (TPSA) is 115 Å². The average molecular weight is 335 g/mol. The Bertz CT molecular complexity index is 69.1. The van der Waals surface area contributed by atoms with Crippen molar-refractivity contribution in [3.05, 3.63) is 0 Å². The molecular weight excluding hydrogens is 329 g/mol. The average Bonchev–Trinajstić information content (AvgIpc) is 1.25. The van der Waals surface area contributed by atoms with Crippen LogP contribution in [0.2, 0.25) is 0 Å². The van der Waals surface area contributed by atoms with Crippen molar-refractivity contribution in [1.29, 1.82) is 0 Å². The quantitative estimate of drug-likeness (QED) is 0.343. The normalized spacial score (nSPS) is 5.78. The zero-order chi connectivity index (χ0) is 7.15. The first-order valence-electron chi connectivity index (χ1n) is 1.30. The van der Waals surface area contributed by atoms with Crippen LogP contribution in [0.3, 0.4) is 0 Å². The molecule has 0 aromatic carbocycles. The van der Waals surface area contributed by atoms with Crippen molar-refractivity contribution in [3.63, 3.8) is 0 Å². The van der Waals surface area contributed by atoms with Gasteiger partial charge in [-0.2, -0.15) is 0 Å². The molecule has 0 rings (SSSR count). The summed E-state index contributed by atoms with van der Waals surface area (Å²) in [5.41, 5.74) is 0. The van der Waals surface area contributed by atoms with Gasteiger partial charge in [0.2, 0.25) is 0 Å². The maximum atomic E-state index is 8.81. The molecule has 0 radical (unpaired) electrons. The van der Waals surface area contributed by atoms with Crippen LogP contribution in [-0.4, -0.2) is 63.6 Å². The summed E-state index contributed by atoms with van der Waals surface area (Å²) in [4.78, 5) is 0. The van der Waals surface area contributed by atoms with Gasteiger partial charge in [-0.15, -0.1) is 0 Å². The summed E-state index contributed by atoms with van der Waals surface area (Å²) >= 11 is -7.17. The summed E-state index contributed by atoms with van der Waals surface area (Å²) in [5.74, 6) is 0. The van der Waals surface area contributed by atoms with Crippen LogP contribution in [-0.2, 0) is 43.9 Å². The fourth-order valence-electron chi connectivity index (χ4n) is 0. The summed E-state index contributed by atoms with van der Waals surface area (Å²) in [7, 11) is 0. The van der Waals surface area contributed by atoms with Gasteiger partial charge in [-0.1, -0.05) is 0 Å². The van der Waals surface area contributed by atoms with Crippen LogP contribution in [0.5, 0.6) is 0 Å². The van der Waals surface area contributed by atoms with Crippen molar-refractivity contribution in [3.8, 4) is 0 Å². The van der Waals surface area contributed by atoms with Gasteiger partial charge in [-0.05, 0) is 0 Å². The van der Waals surface area contributed by atoms with E-state index in [2.05, 4.69) is 0 Å². The third kappa shape index (κ3) is 125. The maximum absolute atomic E-state index is 8.81. The van der Waals surface area contributed by atoms with E-state index in [0.717, 1.165) is 0 Å². The molecule has 0 heterocycles. The van der Waals surface area contributed by atoms with E-state index in [1.165, 1.54) is 0 Å². The van der Waals surface area contributed by atoms with Gasteiger partial charge in [-0.3, -0.25) is 0 Å². The van der Waals surface area contributed by atoms with Crippen LogP contribution in [0, 0.1) is 0 Å². The van der Waals surface area contributed by atoms with E-state index in [4.69, 9.17) is 21.4 Å². The Morgan fingerprint density at radius 3 is 0.778 bits per heavy atom. The second-order valence-electron chi connectivity index (χ2n) is 0.565. The zero-order valence-corrected chi connectivity index (χ0v) is 6.73. The van der Waals surface area contributed by atoms with Gasteiger partial charge in [0, 0.05) is 0 Å². The van der Waals surface area contributed by atoms with E-state index in [0.29, 0.717) is 0 Å². The van der Waals surface area contributed by atoms with Gasteiger partial charge in [0.1, 0.15) is 0 Å². The van der Waals surface area contributed by atoms with E-state index in [9.17, 15) is 0 Å². The molecule has 52 valence electrons. The Kier molecular flexibility index (Phi) is 25.4. The third-order valence-corrected chi connectivity index (χ3v) is 0. The predicted molar refractivity (Wildman–Crippen MR) is 18.8 cm³/mol. The molecule has 0 atom stereocenters. The van der Waals surface area contributed by atoms with Crippen molar-refractivity contribution in [2.45, 2.75) is 0 Å². The van der Waals surface area contributed by atoms with Crippen molar-refractivity contribution in [2.75, 3.05) is 0 Å². The van der Waals surface area contributed by atoms with Crippen LogP contribution < -0.4 is 0 Å². The summed E-state index contributed by atoms with van der Waals surface area (Å²) in [6.45, 7) is 0. The molecule has 9 heteroatoms. The second kappa shape index (κ2) is 13.1. The monoisotopic (exact) mass is 336 g/mol. The third-order valence-electron chi connectivity index (χ3n) is 0. The number of hydrogen-bond donors (Lipinski definition) is 4. The van der Waals surface area contributed by atoms with Crippen molar-refractivity contribution < 1.29 is 58.6 Å². The van der Waals surface area contributed by atoms with E-state index < -0.39 is 37.2 Å². The van der Waals surface area contributed by atoms with Gasteiger partial charge in [-0.25, -0.2) is 0 Å². The first-order valence-corrected chi connectivity index (χ1v) is 5.37. The standard InChI is InChI=1S/Ba.4H2O.2O.2Ti.2H/h;4*1H2;;;;;;/q;;;;;;;2*+2;;/p-4. The van der Waals surface area contributed by atoms with E-state index >= 15 is 0 Å². The van der Waals surface area contributed by atoms with Crippen LogP contribution >= 0.6 is 0 Å². The molecule has 0 saturated carbocycles. The van der Waals surface area contributed by atoms with Gasteiger partial charge < -0.3 is 0 Å². The molecule has 0 aliphatic heterocycles. The van der Waals surface area contributed by atoms with Crippen molar-refractivity contribution >= 4 is 48.9 Å². The molecule has 0 spiro atoms. The molecule has 0 fully saturated rings. The second-order valence-corrected chi connectivity index (χ2v) is 2.33. The van der Waals surface area contributed by atoms with Crippen LogP contribution in [0.4, 0.5) is 0 Å². The summed E-state index contributed by atoms with van der Waals surface area (Å²) in [6, 6.07) is 0. The van der Waals surface area contributed by atoms with Gasteiger partial charge in [0.15, 0.2) is 0 Å². The number of rotatable bonds is 0. The van der Waals surface area contributed by atoms with Crippen LogP contribution in [0.15, 0.2) is 0 Å². The Morgan fingerprint density at radius 1 is 0.778 bits per heavy atom. The summed E-state index contributed by atoms with van der Waals surface area (Å²) in [6.07, 6.45) is 0. The first kappa shape index (κ1) is 17.5. The fourth-order valence-corrected chi connectivity index (χ4v) is 0. The van der Waals surface area contributed by atoms with Crippen molar-refractivity contribution in [1.82, 2.24) is 0 Å². The zero-order valence-electron chi connectivity index (χ0n) is 3.61. The molecule has 0 aromatic rings. The Morgan fingerprint density at radius 2 is 0.778 bits per heavy atom. The number of hydrogen-bond acceptors (Lipinski definition) is 2. The molecule has 0 amide bonds. The Labute approximate surface area is 105 Å². The molecule has 0 aromatic heterocycles. The van der Waals surface area contributed by atoms with Gasteiger partial charge in [0.25, 0.3) is 0 Å². The molecular formula is H6BaO6Ti2. The minimum atomic E-state index is -3.58. The Balaban J connectivity index is -0.0000000720. The molecule has 0 bridgehead atoms. The Hall–Kier alpha value is 2.44. The van der Waals surface area contributed by atoms with Crippen molar-refractivity contribution in [2.24, 2.45) is 0 Å².